The number of hydrogen-bond donors (Lipinski definition) is 2. The van der Waals surface area contributed by atoms with E-state index in [1.807, 2.05) is 0 Å². The Kier molecular flexibility index (Phi) is 9.19. The quantitative estimate of drug-likeness (QED) is 0.238. The largest absolute Gasteiger partial charge is 0.393 e. The first-order chi connectivity index (χ1) is 16.7. The third kappa shape index (κ3) is 5.10. The fourth-order valence-corrected chi connectivity index (χ4v) is 9.03. The van der Waals surface area contributed by atoms with Crippen LogP contribution >= 0.6 is 0 Å². The summed E-state index contributed by atoms with van der Waals surface area (Å²) in [6.07, 6.45) is 9.90. The molecule has 0 aromatic rings. The number of allylic oxidation sites excluding steroid dienone is 1. The van der Waals surface area contributed by atoms with Gasteiger partial charge in [0.15, 0.2) is 6.29 Å². The highest BCUT2D eigenvalue weighted by molar-refractivity contribution is 5.38. The Bertz CT molecular complexity index is 779. The van der Waals surface area contributed by atoms with Gasteiger partial charge in [-0.1, -0.05) is 73.3 Å². The Balaban J connectivity index is 1.99. The molecule has 36 heavy (non-hydrogen) atoms. The second kappa shape index (κ2) is 11.0. The standard InChI is InChI=1S/C32H58O4/c1-21(2)12-11-13-22(3)25(20-28(35-9)36-10)31(7)19-16-23-24(32(31,8)34)14-15-26-29(4,5)27(33)17-18-30(23,26)6/h21-22,25-28,33-34H,11-20H2,1-10H3/t22-,25-,26+,27+,30-,31-,32+/m1/s1. The molecule has 3 aliphatic rings. The molecule has 0 spiro atoms. The van der Waals surface area contributed by atoms with Gasteiger partial charge in [-0.15, -0.1) is 0 Å². The minimum absolute atomic E-state index is 0.0710. The first kappa shape index (κ1) is 30.1. The topological polar surface area (TPSA) is 58.9 Å². The maximum absolute atomic E-state index is 12.6. The van der Waals surface area contributed by atoms with E-state index in [-0.39, 0.29) is 28.6 Å². The van der Waals surface area contributed by atoms with Crippen molar-refractivity contribution < 1.29 is 19.7 Å². The molecule has 210 valence electrons. The number of hydrogen-bond acceptors (Lipinski definition) is 4. The second-order valence-corrected chi connectivity index (χ2v) is 14.4. The van der Waals surface area contributed by atoms with Gasteiger partial charge in [-0.3, -0.25) is 0 Å². The van der Waals surface area contributed by atoms with Crippen LogP contribution in [0.25, 0.3) is 0 Å². The summed E-state index contributed by atoms with van der Waals surface area (Å²) in [7, 11) is 3.47. The van der Waals surface area contributed by atoms with Crippen LogP contribution in [0.2, 0.25) is 0 Å². The van der Waals surface area contributed by atoms with Crippen LogP contribution in [0.4, 0.5) is 0 Å². The predicted octanol–water partition coefficient (Wildman–Crippen LogP) is 7.52. The highest BCUT2D eigenvalue weighted by Crippen LogP contribution is 2.66. The van der Waals surface area contributed by atoms with Gasteiger partial charge < -0.3 is 19.7 Å². The number of ether oxygens (including phenoxy) is 2. The number of aliphatic hydroxyl groups is 2. The van der Waals surface area contributed by atoms with Crippen LogP contribution in [0.1, 0.15) is 120 Å². The van der Waals surface area contributed by atoms with Crippen LogP contribution in [-0.4, -0.2) is 42.4 Å². The lowest BCUT2D eigenvalue weighted by molar-refractivity contribution is -0.159. The Hall–Kier alpha value is -0.420. The summed E-state index contributed by atoms with van der Waals surface area (Å²) in [5, 5.41) is 23.4. The number of aliphatic hydroxyl groups excluding tert-OH is 1. The SMILES string of the molecule is COC(C[C@H]([C@H](C)CCCC(C)C)[C@@]1(C)CCC2=C(CC[C@H]3C(C)(C)[C@@H](O)CC[C@]23C)[C@]1(C)O)OC. The van der Waals surface area contributed by atoms with Gasteiger partial charge in [0.05, 0.1) is 11.7 Å². The lowest BCUT2D eigenvalue weighted by Gasteiger charge is -2.62. The normalized spacial score (nSPS) is 38.2. The summed E-state index contributed by atoms with van der Waals surface area (Å²) in [5.74, 6) is 1.96. The lowest BCUT2D eigenvalue weighted by Crippen LogP contribution is -2.59. The van der Waals surface area contributed by atoms with E-state index in [1.165, 1.54) is 30.4 Å². The molecule has 0 amide bonds. The fourth-order valence-electron chi connectivity index (χ4n) is 9.03. The first-order valence-corrected chi connectivity index (χ1v) is 14.9. The fraction of sp³-hybridized carbons (Fsp3) is 0.938. The summed E-state index contributed by atoms with van der Waals surface area (Å²) in [5.41, 5.74) is 1.70. The van der Waals surface area contributed by atoms with Crippen LogP contribution in [0.3, 0.4) is 0 Å². The van der Waals surface area contributed by atoms with Crippen LogP contribution in [0, 0.1) is 39.9 Å². The van der Waals surface area contributed by atoms with Crippen LogP contribution < -0.4 is 0 Å². The van der Waals surface area contributed by atoms with Gasteiger partial charge in [-0.25, -0.2) is 0 Å². The van der Waals surface area contributed by atoms with Crippen molar-refractivity contribution in [2.24, 2.45) is 39.9 Å². The van der Waals surface area contributed by atoms with Crippen molar-refractivity contribution in [2.45, 2.75) is 138 Å². The summed E-state index contributed by atoms with van der Waals surface area (Å²) < 4.78 is 11.4. The molecular formula is C32H58O4. The molecule has 3 aliphatic carbocycles. The Labute approximate surface area is 222 Å². The van der Waals surface area contributed by atoms with E-state index in [9.17, 15) is 10.2 Å². The van der Waals surface area contributed by atoms with Crippen molar-refractivity contribution in [2.75, 3.05) is 14.2 Å². The van der Waals surface area contributed by atoms with Gasteiger partial charge in [0.1, 0.15) is 0 Å². The molecule has 0 radical (unpaired) electrons. The number of methoxy groups -OCH3 is 2. The second-order valence-electron chi connectivity index (χ2n) is 14.4. The van der Waals surface area contributed by atoms with Crippen molar-refractivity contribution in [3.05, 3.63) is 11.1 Å². The minimum atomic E-state index is -0.863. The monoisotopic (exact) mass is 506 g/mol. The van der Waals surface area contributed by atoms with Crippen molar-refractivity contribution in [1.29, 1.82) is 0 Å². The third-order valence-electron chi connectivity index (χ3n) is 11.7. The maximum atomic E-state index is 12.6. The molecule has 0 aliphatic heterocycles. The Morgan fingerprint density at radius 3 is 2.11 bits per heavy atom. The molecule has 1 saturated carbocycles. The van der Waals surface area contributed by atoms with Gasteiger partial charge in [0.2, 0.25) is 0 Å². The molecule has 0 aromatic carbocycles. The van der Waals surface area contributed by atoms with Gasteiger partial charge in [-0.2, -0.15) is 0 Å². The van der Waals surface area contributed by atoms with Gasteiger partial charge in [0.25, 0.3) is 0 Å². The number of rotatable bonds is 10. The van der Waals surface area contributed by atoms with Gasteiger partial charge in [-0.05, 0) is 85.5 Å². The van der Waals surface area contributed by atoms with E-state index in [1.54, 1.807) is 14.2 Å². The molecule has 1 fully saturated rings. The van der Waals surface area contributed by atoms with Crippen molar-refractivity contribution in [1.82, 2.24) is 0 Å². The molecule has 0 heterocycles. The molecule has 2 N–H and O–H groups in total. The molecule has 3 rings (SSSR count). The van der Waals surface area contributed by atoms with E-state index in [2.05, 4.69) is 55.4 Å². The third-order valence-corrected chi connectivity index (χ3v) is 11.7. The summed E-state index contributed by atoms with van der Waals surface area (Å²) in [4.78, 5) is 0. The Morgan fingerprint density at radius 1 is 0.889 bits per heavy atom. The smallest absolute Gasteiger partial charge is 0.157 e. The van der Waals surface area contributed by atoms with Crippen LogP contribution in [0.5, 0.6) is 0 Å². The lowest BCUT2D eigenvalue weighted by atomic mass is 9.44. The zero-order chi connectivity index (χ0) is 27.1. The summed E-state index contributed by atoms with van der Waals surface area (Å²) in [6.45, 7) is 18.4. The average Bonchev–Trinajstić information content (AvgIpc) is 2.79. The molecule has 7 atom stereocenters. The van der Waals surface area contributed by atoms with Crippen molar-refractivity contribution in [3.8, 4) is 0 Å². The molecule has 4 nitrogen and oxygen atoms in total. The predicted molar refractivity (Wildman–Crippen MR) is 149 cm³/mol. The Morgan fingerprint density at radius 2 is 1.53 bits per heavy atom. The zero-order valence-electron chi connectivity index (χ0n) is 25.2. The zero-order valence-corrected chi connectivity index (χ0v) is 25.2. The minimum Gasteiger partial charge on any atom is -0.393 e. The van der Waals surface area contributed by atoms with E-state index < -0.39 is 5.60 Å². The molecule has 0 saturated heterocycles. The van der Waals surface area contributed by atoms with Crippen molar-refractivity contribution >= 4 is 0 Å². The van der Waals surface area contributed by atoms with Crippen LogP contribution in [-0.2, 0) is 9.47 Å². The first-order valence-electron chi connectivity index (χ1n) is 14.9. The van der Waals surface area contributed by atoms with E-state index in [0.29, 0.717) is 17.8 Å². The molecule has 0 unspecified atom stereocenters. The van der Waals surface area contributed by atoms with Gasteiger partial charge >= 0.3 is 0 Å². The molecule has 0 aromatic heterocycles. The van der Waals surface area contributed by atoms with E-state index >= 15 is 0 Å². The summed E-state index contributed by atoms with van der Waals surface area (Å²) >= 11 is 0. The van der Waals surface area contributed by atoms with Crippen molar-refractivity contribution in [3.63, 3.8) is 0 Å². The summed E-state index contributed by atoms with van der Waals surface area (Å²) in [6, 6.07) is 0. The highest BCUT2D eigenvalue weighted by atomic mass is 16.7. The molecule has 4 heteroatoms. The average molecular weight is 507 g/mol. The number of fused-ring (bicyclic) bond motifs is 2. The molecule has 0 bridgehead atoms. The maximum Gasteiger partial charge on any atom is 0.157 e. The molecular weight excluding hydrogens is 448 g/mol. The van der Waals surface area contributed by atoms with E-state index in [0.717, 1.165) is 50.9 Å². The van der Waals surface area contributed by atoms with E-state index in [4.69, 9.17) is 9.47 Å². The van der Waals surface area contributed by atoms with Crippen LogP contribution in [0.15, 0.2) is 11.1 Å². The van der Waals surface area contributed by atoms with Gasteiger partial charge in [0, 0.05) is 26.1 Å². The highest BCUT2D eigenvalue weighted by Gasteiger charge is 2.61.